The van der Waals surface area contributed by atoms with Crippen LogP contribution < -0.4 is 15.8 Å². The molecule has 0 bridgehead atoms. The molecule has 0 atom stereocenters. The van der Waals surface area contributed by atoms with Crippen LogP contribution in [0.5, 0.6) is 0 Å². The number of carbonyl (C=O) groups excluding carboxylic acids is 1. The monoisotopic (exact) mass is 414 g/mol. The first kappa shape index (κ1) is 20.5. The summed E-state index contributed by atoms with van der Waals surface area (Å²) in [5.74, 6) is -0.221. The predicted molar refractivity (Wildman–Crippen MR) is 126 cm³/mol. The molecule has 0 saturated heterocycles. The van der Waals surface area contributed by atoms with Gasteiger partial charge in [-0.1, -0.05) is 54.6 Å². The molecule has 0 fully saturated rings. The van der Waals surface area contributed by atoms with Crippen molar-refractivity contribution in [1.82, 2.24) is 9.36 Å². The van der Waals surface area contributed by atoms with Crippen LogP contribution in [0.1, 0.15) is 12.6 Å². The standard InChI is InChI=1S/C25H26N4O2/c1-4-28(22-16-10-12-19-11-8-9-15-21(19)22)17-23(30)26-24-18(2)27(3)29(25(24)31)20-13-6-5-7-14-20/h5-16H,4,17H2,1-3H3,(H,26,30). The van der Waals surface area contributed by atoms with E-state index in [4.69, 9.17) is 0 Å². The number of nitrogens with zero attached hydrogens (tertiary/aromatic N) is 3. The first-order valence-electron chi connectivity index (χ1n) is 10.4. The Labute approximate surface area is 181 Å². The Balaban J connectivity index is 1.61. The summed E-state index contributed by atoms with van der Waals surface area (Å²) < 4.78 is 3.32. The second-order valence-corrected chi connectivity index (χ2v) is 7.50. The van der Waals surface area contributed by atoms with Gasteiger partial charge < -0.3 is 10.2 Å². The summed E-state index contributed by atoms with van der Waals surface area (Å²) in [6.07, 6.45) is 0. The van der Waals surface area contributed by atoms with Crippen molar-refractivity contribution >= 4 is 28.1 Å². The van der Waals surface area contributed by atoms with Gasteiger partial charge in [0.1, 0.15) is 5.69 Å². The highest BCUT2D eigenvalue weighted by Crippen LogP contribution is 2.26. The van der Waals surface area contributed by atoms with Gasteiger partial charge in [-0.15, -0.1) is 0 Å². The Morgan fingerprint density at radius 1 is 0.968 bits per heavy atom. The zero-order valence-corrected chi connectivity index (χ0v) is 18.0. The van der Waals surface area contributed by atoms with Gasteiger partial charge in [-0.2, -0.15) is 0 Å². The van der Waals surface area contributed by atoms with E-state index in [0.717, 1.165) is 22.1 Å². The van der Waals surface area contributed by atoms with Crippen molar-refractivity contribution < 1.29 is 4.79 Å². The fourth-order valence-electron chi connectivity index (χ4n) is 3.92. The lowest BCUT2D eigenvalue weighted by Crippen LogP contribution is -2.34. The maximum absolute atomic E-state index is 13.1. The third kappa shape index (κ3) is 3.84. The van der Waals surface area contributed by atoms with E-state index in [2.05, 4.69) is 23.5 Å². The van der Waals surface area contributed by atoms with Gasteiger partial charge in [0.25, 0.3) is 5.56 Å². The van der Waals surface area contributed by atoms with Crippen LogP contribution in [0, 0.1) is 6.92 Å². The zero-order chi connectivity index (χ0) is 22.0. The first-order valence-corrected chi connectivity index (χ1v) is 10.4. The van der Waals surface area contributed by atoms with Crippen LogP contribution in [0.4, 0.5) is 11.4 Å². The Morgan fingerprint density at radius 3 is 2.39 bits per heavy atom. The van der Waals surface area contributed by atoms with E-state index in [1.165, 1.54) is 0 Å². The summed E-state index contributed by atoms with van der Waals surface area (Å²) >= 11 is 0. The van der Waals surface area contributed by atoms with E-state index in [1.54, 1.807) is 9.36 Å². The zero-order valence-electron chi connectivity index (χ0n) is 18.0. The highest BCUT2D eigenvalue weighted by atomic mass is 16.2. The molecule has 158 valence electrons. The molecule has 1 N–H and O–H groups in total. The summed E-state index contributed by atoms with van der Waals surface area (Å²) in [5.41, 5.74) is 2.53. The average Bonchev–Trinajstić information content (AvgIpc) is 3.00. The molecular formula is C25H26N4O2. The minimum Gasteiger partial charge on any atom is -0.362 e. The average molecular weight is 415 g/mol. The maximum Gasteiger partial charge on any atom is 0.295 e. The van der Waals surface area contributed by atoms with Gasteiger partial charge in [-0.05, 0) is 37.4 Å². The highest BCUT2D eigenvalue weighted by Gasteiger charge is 2.19. The number of hydrogen-bond donors (Lipinski definition) is 1. The van der Waals surface area contributed by atoms with Crippen LogP contribution in [-0.4, -0.2) is 28.4 Å². The number of fused-ring (bicyclic) bond motifs is 1. The number of aromatic nitrogens is 2. The number of benzene rings is 3. The van der Waals surface area contributed by atoms with Crippen molar-refractivity contribution in [2.45, 2.75) is 13.8 Å². The van der Waals surface area contributed by atoms with Crippen molar-refractivity contribution in [1.29, 1.82) is 0 Å². The Morgan fingerprint density at radius 2 is 1.65 bits per heavy atom. The van der Waals surface area contributed by atoms with E-state index in [1.807, 2.05) is 80.4 Å². The van der Waals surface area contributed by atoms with Crippen LogP contribution in [0.2, 0.25) is 0 Å². The predicted octanol–water partition coefficient (Wildman–Crippen LogP) is 4.10. The van der Waals surface area contributed by atoms with Gasteiger partial charge in [0, 0.05) is 24.7 Å². The number of anilines is 2. The highest BCUT2D eigenvalue weighted by molar-refractivity contribution is 5.98. The van der Waals surface area contributed by atoms with Crippen molar-refractivity contribution in [3.05, 3.63) is 88.8 Å². The smallest absolute Gasteiger partial charge is 0.295 e. The molecule has 1 heterocycles. The van der Waals surface area contributed by atoms with Crippen molar-refractivity contribution in [2.24, 2.45) is 7.05 Å². The summed E-state index contributed by atoms with van der Waals surface area (Å²) in [6, 6.07) is 23.6. The largest absolute Gasteiger partial charge is 0.362 e. The van der Waals surface area contributed by atoms with E-state index in [0.29, 0.717) is 17.9 Å². The molecule has 0 spiro atoms. The summed E-state index contributed by atoms with van der Waals surface area (Å²) in [7, 11) is 1.81. The second kappa shape index (κ2) is 8.52. The SMILES string of the molecule is CCN(CC(=O)Nc1c(C)n(C)n(-c2ccccc2)c1=O)c1cccc2ccccc12. The number of nitrogens with one attached hydrogen (secondary N) is 1. The van der Waals surface area contributed by atoms with Crippen molar-refractivity contribution in [2.75, 3.05) is 23.3 Å². The Hall–Kier alpha value is -3.80. The fourth-order valence-corrected chi connectivity index (χ4v) is 3.92. The van der Waals surface area contributed by atoms with Gasteiger partial charge in [-0.3, -0.25) is 14.3 Å². The number of amides is 1. The molecule has 0 aliphatic heterocycles. The molecule has 0 saturated carbocycles. The van der Waals surface area contributed by atoms with Gasteiger partial charge >= 0.3 is 0 Å². The number of para-hydroxylation sites is 1. The van der Waals surface area contributed by atoms with Crippen LogP contribution in [-0.2, 0) is 11.8 Å². The summed E-state index contributed by atoms with van der Waals surface area (Å²) in [5, 5.41) is 5.08. The molecule has 0 aliphatic rings. The number of carbonyl (C=O) groups is 1. The van der Waals surface area contributed by atoms with Crippen LogP contribution in [0.25, 0.3) is 16.5 Å². The maximum atomic E-state index is 13.1. The molecule has 1 aromatic heterocycles. The van der Waals surface area contributed by atoms with Crippen LogP contribution in [0.3, 0.4) is 0 Å². The Kier molecular flexibility index (Phi) is 5.62. The molecule has 0 aliphatic carbocycles. The molecule has 0 unspecified atom stereocenters. The lowest BCUT2D eigenvalue weighted by atomic mass is 10.1. The lowest BCUT2D eigenvalue weighted by Gasteiger charge is -2.24. The van der Waals surface area contributed by atoms with Crippen LogP contribution in [0.15, 0.2) is 77.6 Å². The molecule has 6 heteroatoms. The van der Waals surface area contributed by atoms with Crippen molar-refractivity contribution in [3.8, 4) is 5.69 Å². The normalized spacial score (nSPS) is 10.9. The minimum atomic E-state index is -0.243. The molecule has 1 amide bonds. The van der Waals surface area contributed by atoms with E-state index >= 15 is 0 Å². The summed E-state index contributed by atoms with van der Waals surface area (Å²) in [6.45, 7) is 4.68. The molecule has 4 aromatic rings. The fraction of sp³-hybridized carbons (Fsp3) is 0.200. The third-order valence-corrected chi connectivity index (χ3v) is 5.64. The molecule has 6 nitrogen and oxygen atoms in total. The molecule has 4 rings (SSSR count). The third-order valence-electron chi connectivity index (χ3n) is 5.64. The number of hydrogen-bond acceptors (Lipinski definition) is 3. The van der Waals surface area contributed by atoms with Gasteiger partial charge in [0.15, 0.2) is 0 Å². The van der Waals surface area contributed by atoms with E-state index < -0.39 is 0 Å². The molecular weight excluding hydrogens is 388 g/mol. The van der Waals surface area contributed by atoms with E-state index in [9.17, 15) is 9.59 Å². The molecule has 3 aromatic carbocycles. The van der Waals surface area contributed by atoms with Crippen LogP contribution >= 0.6 is 0 Å². The molecule has 31 heavy (non-hydrogen) atoms. The minimum absolute atomic E-state index is 0.156. The van der Waals surface area contributed by atoms with E-state index in [-0.39, 0.29) is 18.0 Å². The van der Waals surface area contributed by atoms with Gasteiger partial charge in [-0.25, -0.2) is 4.68 Å². The van der Waals surface area contributed by atoms with Gasteiger partial charge in [0.2, 0.25) is 5.91 Å². The molecule has 0 radical (unpaired) electrons. The first-order chi connectivity index (χ1) is 15.0. The summed E-state index contributed by atoms with van der Waals surface area (Å²) in [4.78, 5) is 28.0. The Bertz CT molecular complexity index is 1280. The number of likely N-dealkylation sites (N-methyl/N-ethyl adjacent to an activating group) is 1. The quantitative estimate of drug-likeness (QED) is 0.517. The topological polar surface area (TPSA) is 59.3 Å². The van der Waals surface area contributed by atoms with Crippen molar-refractivity contribution in [3.63, 3.8) is 0 Å². The number of rotatable bonds is 6. The van der Waals surface area contributed by atoms with Gasteiger partial charge in [0.05, 0.1) is 17.9 Å². The lowest BCUT2D eigenvalue weighted by molar-refractivity contribution is -0.115. The second-order valence-electron chi connectivity index (χ2n) is 7.50.